The summed E-state index contributed by atoms with van der Waals surface area (Å²) in [6, 6.07) is 21.7. The van der Waals surface area contributed by atoms with Gasteiger partial charge in [-0.2, -0.15) is 10.4 Å². The van der Waals surface area contributed by atoms with E-state index < -0.39 is 0 Å². The first-order valence-corrected chi connectivity index (χ1v) is 10.4. The summed E-state index contributed by atoms with van der Waals surface area (Å²) in [5.74, 6) is 1.31. The lowest BCUT2D eigenvalue weighted by Gasteiger charge is -2.06. The predicted molar refractivity (Wildman–Crippen MR) is 120 cm³/mol. The van der Waals surface area contributed by atoms with E-state index in [1.165, 1.54) is 0 Å². The summed E-state index contributed by atoms with van der Waals surface area (Å²) in [7, 11) is 0. The summed E-state index contributed by atoms with van der Waals surface area (Å²) in [5.41, 5.74) is 5.49. The standard InChI is InChI=1S/C25H21ClN4O/c1-17-5-12-25(28-16-17)31-21-9-6-18(7-10-21)8-11-23-22(15-27)24(30-29-23)14-19-3-2-4-20(26)13-19/h2-7,9-10,12-13,16H,8,11,14H2,1H3,(H,29,30). The van der Waals surface area contributed by atoms with Crippen molar-refractivity contribution >= 4 is 11.6 Å². The van der Waals surface area contributed by atoms with Crippen LogP contribution < -0.4 is 4.74 Å². The minimum absolute atomic E-state index is 0.570. The van der Waals surface area contributed by atoms with Crippen LogP contribution in [-0.2, 0) is 19.3 Å². The highest BCUT2D eigenvalue weighted by atomic mass is 35.5. The average molecular weight is 429 g/mol. The van der Waals surface area contributed by atoms with Crippen LogP contribution in [0.2, 0.25) is 5.02 Å². The van der Waals surface area contributed by atoms with Gasteiger partial charge in [-0.1, -0.05) is 41.9 Å². The molecule has 0 spiro atoms. The first-order valence-electron chi connectivity index (χ1n) is 10.0. The fraction of sp³-hybridized carbons (Fsp3) is 0.160. The van der Waals surface area contributed by atoms with Gasteiger partial charge < -0.3 is 4.74 Å². The van der Waals surface area contributed by atoms with Gasteiger partial charge in [0.05, 0.1) is 17.0 Å². The van der Waals surface area contributed by atoms with Crippen molar-refractivity contribution < 1.29 is 4.74 Å². The molecule has 0 unspecified atom stereocenters. The van der Waals surface area contributed by atoms with Crippen LogP contribution >= 0.6 is 11.6 Å². The Labute approximate surface area is 186 Å². The van der Waals surface area contributed by atoms with E-state index in [4.69, 9.17) is 16.3 Å². The molecule has 0 fully saturated rings. The fourth-order valence-corrected chi connectivity index (χ4v) is 3.55. The minimum Gasteiger partial charge on any atom is -0.439 e. The molecule has 0 amide bonds. The zero-order valence-electron chi connectivity index (χ0n) is 17.1. The molecule has 0 aliphatic heterocycles. The lowest BCUT2D eigenvalue weighted by atomic mass is 10.0. The molecule has 0 bridgehead atoms. The molecular formula is C25H21ClN4O. The molecule has 0 radical (unpaired) electrons. The molecule has 154 valence electrons. The van der Waals surface area contributed by atoms with Crippen LogP contribution in [0.5, 0.6) is 11.6 Å². The molecule has 0 aliphatic carbocycles. The van der Waals surface area contributed by atoms with Crippen molar-refractivity contribution in [1.82, 2.24) is 15.2 Å². The highest BCUT2D eigenvalue weighted by Gasteiger charge is 2.13. The maximum absolute atomic E-state index is 9.65. The van der Waals surface area contributed by atoms with Gasteiger partial charge in [-0.25, -0.2) is 4.98 Å². The van der Waals surface area contributed by atoms with E-state index in [0.29, 0.717) is 29.3 Å². The molecule has 1 N–H and O–H groups in total. The topological polar surface area (TPSA) is 74.6 Å². The van der Waals surface area contributed by atoms with E-state index >= 15 is 0 Å². The number of aromatic nitrogens is 3. The number of nitrogens with zero attached hydrogens (tertiary/aromatic N) is 3. The highest BCUT2D eigenvalue weighted by Crippen LogP contribution is 2.22. The molecule has 0 saturated heterocycles. The van der Waals surface area contributed by atoms with E-state index in [2.05, 4.69) is 21.3 Å². The summed E-state index contributed by atoms with van der Waals surface area (Å²) < 4.78 is 5.78. The second-order valence-corrected chi connectivity index (χ2v) is 7.80. The monoisotopic (exact) mass is 428 g/mol. The second kappa shape index (κ2) is 9.46. The highest BCUT2D eigenvalue weighted by molar-refractivity contribution is 6.30. The van der Waals surface area contributed by atoms with E-state index in [9.17, 15) is 5.26 Å². The van der Waals surface area contributed by atoms with Gasteiger partial charge in [0.1, 0.15) is 11.8 Å². The summed E-state index contributed by atoms with van der Waals surface area (Å²) in [6.45, 7) is 1.99. The van der Waals surface area contributed by atoms with Gasteiger partial charge in [0.25, 0.3) is 0 Å². The smallest absolute Gasteiger partial charge is 0.219 e. The second-order valence-electron chi connectivity index (χ2n) is 7.36. The Morgan fingerprint density at radius 3 is 2.58 bits per heavy atom. The number of hydrogen-bond acceptors (Lipinski definition) is 4. The number of nitriles is 1. The Hall–Kier alpha value is -3.62. The van der Waals surface area contributed by atoms with Crippen molar-refractivity contribution in [1.29, 1.82) is 5.26 Å². The van der Waals surface area contributed by atoms with Crippen LogP contribution in [0.4, 0.5) is 0 Å². The lowest BCUT2D eigenvalue weighted by Crippen LogP contribution is -1.96. The van der Waals surface area contributed by atoms with Crippen LogP contribution in [-0.4, -0.2) is 15.2 Å². The zero-order chi connectivity index (χ0) is 21.6. The summed E-state index contributed by atoms with van der Waals surface area (Å²) in [5, 5.41) is 17.7. The number of benzene rings is 2. The van der Waals surface area contributed by atoms with Crippen LogP contribution in [0, 0.1) is 18.3 Å². The number of H-pyrrole nitrogens is 1. The minimum atomic E-state index is 0.570. The first-order chi connectivity index (χ1) is 15.1. The number of aromatic amines is 1. The molecule has 0 aliphatic rings. The van der Waals surface area contributed by atoms with Crippen LogP contribution in [0.15, 0.2) is 66.9 Å². The van der Waals surface area contributed by atoms with Crippen molar-refractivity contribution in [2.24, 2.45) is 0 Å². The SMILES string of the molecule is Cc1ccc(Oc2ccc(CCc3n[nH]c(Cc4cccc(Cl)c4)c3C#N)cc2)nc1. The Morgan fingerprint density at radius 1 is 1.03 bits per heavy atom. The third-order valence-corrected chi connectivity index (χ3v) is 5.21. The quantitative estimate of drug-likeness (QED) is 0.403. The number of ether oxygens (including phenoxy) is 1. The molecule has 2 aromatic carbocycles. The molecule has 2 aromatic heterocycles. The predicted octanol–water partition coefficient (Wildman–Crippen LogP) is 5.81. The molecule has 2 heterocycles. The van der Waals surface area contributed by atoms with E-state index in [-0.39, 0.29) is 0 Å². The fourth-order valence-electron chi connectivity index (χ4n) is 3.34. The molecule has 5 nitrogen and oxygen atoms in total. The van der Waals surface area contributed by atoms with Crippen LogP contribution in [0.1, 0.15) is 33.6 Å². The average Bonchev–Trinajstić information content (AvgIpc) is 3.16. The van der Waals surface area contributed by atoms with Gasteiger partial charge in [0, 0.05) is 23.7 Å². The summed E-state index contributed by atoms with van der Waals surface area (Å²) in [4.78, 5) is 4.26. The molecule has 4 rings (SSSR count). The van der Waals surface area contributed by atoms with Crippen molar-refractivity contribution in [2.45, 2.75) is 26.2 Å². The van der Waals surface area contributed by atoms with E-state index in [1.807, 2.05) is 67.6 Å². The van der Waals surface area contributed by atoms with Gasteiger partial charge in [0.2, 0.25) is 5.88 Å². The number of rotatable bonds is 7. The number of pyridine rings is 1. The van der Waals surface area contributed by atoms with Crippen LogP contribution in [0.25, 0.3) is 0 Å². The molecule has 0 atom stereocenters. The molecular weight excluding hydrogens is 408 g/mol. The van der Waals surface area contributed by atoms with Crippen molar-refractivity contribution in [3.8, 4) is 17.7 Å². The van der Waals surface area contributed by atoms with Crippen molar-refractivity contribution in [2.75, 3.05) is 0 Å². The normalized spacial score (nSPS) is 10.6. The lowest BCUT2D eigenvalue weighted by molar-refractivity contribution is 0.462. The largest absolute Gasteiger partial charge is 0.439 e. The Bertz CT molecular complexity index is 1210. The summed E-state index contributed by atoms with van der Waals surface area (Å²) in [6.07, 6.45) is 3.82. The number of hydrogen-bond donors (Lipinski definition) is 1. The van der Waals surface area contributed by atoms with Crippen molar-refractivity contribution in [3.63, 3.8) is 0 Å². The van der Waals surface area contributed by atoms with Gasteiger partial charge >= 0.3 is 0 Å². The van der Waals surface area contributed by atoms with Gasteiger partial charge in [-0.15, -0.1) is 0 Å². The number of nitrogens with one attached hydrogen (secondary N) is 1. The first kappa shape index (κ1) is 20.6. The molecule has 4 aromatic rings. The van der Waals surface area contributed by atoms with Gasteiger partial charge in [-0.3, -0.25) is 5.10 Å². The number of aryl methyl sites for hydroxylation is 3. The molecule has 6 heteroatoms. The number of halogens is 1. The zero-order valence-corrected chi connectivity index (χ0v) is 17.9. The summed E-state index contributed by atoms with van der Waals surface area (Å²) >= 11 is 6.07. The third kappa shape index (κ3) is 5.30. The third-order valence-electron chi connectivity index (χ3n) is 4.98. The Balaban J connectivity index is 1.39. The van der Waals surface area contributed by atoms with Gasteiger partial charge in [-0.05, 0) is 60.7 Å². The Kier molecular flexibility index (Phi) is 6.30. The van der Waals surface area contributed by atoms with Crippen molar-refractivity contribution in [3.05, 3.63) is 106 Å². The van der Waals surface area contributed by atoms with E-state index in [0.717, 1.165) is 40.2 Å². The van der Waals surface area contributed by atoms with Gasteiger partial charge in [0.15, 0.2) is 0 Å². The Morgan fingerprint density at radius 2 is 1.87 bits per heavy atom. The molecule has 0 saturated carbocycles. The van der Waals surface area contributed by atoms with E-state index in [1.54, 1.807) is 6.20 Å². The maximum Gasteiger partial charge on any atom is 0.219 e. The van der Waals surface area contributed by atoms with Crippen LogP contribution in [0.3, 0.4) is 0 Å². The maximum atomic E-state index is 9.65. The molecule has 31 heavy (non-hydrogen) atoms.